The Balaban J connectivity index is 1.67. The van der Waals surface area contributed by atoms with Gasteiger partial charge in [0.05, 0.1) is 30.5 Å². The lowest BCUT2D eigenvalue weighted by Gasteiger charge is -2.33. The lowest BCUT2D eigenvalue weighted by atomic mass is 10.0. The second-order valence-electron chi connectivity index (χ2n) is 6.94. The largest absolute Gasteiger partial charge is 0.395 e. The highest BCUT2D eigenvalue weighted by Gasteiger charge is 2.33. The minimum Gasteiger partial charge on any atom is -0.395 e. The quantitative estimate of drug-likeness (QED) is 0.623. The monoisotopic (exact) mass is 446 g/mol. The normalized spacial score (nSPS) is 16.8. The average Bonchev–Trinajstić information content (AvgIpc) is 3.31. The van der Waals surface area contributed by atoms with Gasteiger partial charge in [-0.3, -0.25) is 9.59 Å². The van der Waals surface area contributed by atoms with Gasteiger partial charge in [-0.05, 0) is 19.9 Å². The highest BCUT2D eigenvalue weighted by Crippen LogP contribution is 2.37. The van der Waals surface area contributed by atoms with Crippen molar-refractivity contribution in [2.45, 2.75) is 20.0 Å². The number of fused-ring (bicyclic) bond motifs is 1. The van der Waals surface area contributed by atoms with Gasteiger partial charge in [0, 0.05) is 30.2 Å². The maximum atomic E-state index is 13.1. The number of ether oxygens (including phenoxy) is 1. The number of nitrogens with zero attached hydrogens (tertiary/aromatic N) is 3. The van der Waals surface area contributed by atoms with Gasteiger partial charge in [-0.25, -0.2) is 9.97 Å². The van der Waals surface area contributed by atoms with Crippen LogP contribution in [0.1, 0.15) is 41.7 Å². The van der Waals surface area contributed by atoms with E-state index in [1.54, 1.807) is 11.1 Å². The van der Waals surface area contributed by atoms with Gasteiger partial charge in [0.25, 0.3) is 11.8 Å². The summed E-state index contributed by atoms with van der Waals surface area (Å²) in [6, 6.07) is 3.74. The first kappa shape index (κ1) is 20.9. The van der Waals surface area contributed by atoms with Crippen molar-refractivity contribution in [1.82, 2.24) is 20.2 Å². The van der Waals surface area contributed by atoms with Crippen molar-refractivity contribution in [3.8, 4) is 0 Å². The summed E-state index contributed by atoms with van der Waals surface area (Å²) in [7, 11) is 0. The Morgan fingerprint density at radius 2 is 2.17 bits per heavy atom. The van der Waals surface area contributed by atoms with Crippen molar-refractivity contribution in [1.29, 1.82) is 0 Å². The number of thiophene rings is 1. The summed E-state index contributed by atoms with van der Waals surface area (Å²) in [6.45, 7) is 4.96. The molecule has 0 aliphatic carbocycles. The first-order valence-corrected chi connectivity index (χ1v) is 11.2. The number of carbonyl (C=O) groups is 2. The zero-order chi connectivity index (χ0) is 21.3. The van der Waals surface area contributed by atoms with Crippen LogP contribution in [-0.2, 0) is 4.74 Å². The van der Waals surface area contributed by atoms with Crippen LogP contribution in [0.5, 0.6) is 0 Å². The van der Waals surface area contributed by atoms with E-state index < -0.39 is 6.10 Å². The van der Waals surface area contributed by atoms with Gasteiger partial charge in [0.15, 0.2) is 0 Å². The van der Waals surface area contributed by atoms with E-state index in [-0.39, 0.29) is 25.0 Å². The minimum atomic E-state index is -0.440. The predicted molar refractivity (Wildman–Crippen MR) is 115 cm³/mol. The molecule has 10 heteroatoms. The third-order valence-corrected chi connectivity index (χ3v) is 7.07. The van der Waals surface area contributed by atoms with Crippen LogP contribution in [0.15, 0.2) is 18.3 Å². The van der Waals surface area contributed by atoms with Crippen molar-refractivity contribution in [3.63, 3.8) is 0 Å². The predicted octanol–water partition coefficient (Wildman–Crippen LogP) is 2.31. The van der Waals surface area contributed by atoms with E-state index >= 15 is 0 Å². The molecule has 4 heterocycles. The fourth-order valence-corrected chi connectivity index (χ4v) is 5.57. The van der Waals surface area contributed by atoms with Crippen molar-refractivity contribution >= 4 is 44.7 Å². The molecule has 0 unspecified atom stereocenters. The van der Waals surface area contributed by atoms with E-state index in [1.165, 1.54) is 22.7 Å². The lowest BCUT2D eigenvalue weighted by Crippen LogP contribution is -2.42. The number of morpholine rings is 1. The standard InChI is InChI=1S/C20H22N4O4S2/c1-11-16(29-12(2)23-11)20(27)24-7-9-28-14(10-24)15-13-4-3-5-22-19(13)30-17(15)18(26)21-6-8-25/h3-5,14,25H,6-10H2,1-2H3,(H,21,26)/t14-/m1/s1. The molecule has 30 heavy (non-hydrogen) atoms. The molecular weight excluding hydrogens is 424 g/mol. The van der Waals surface area contributed by atoms with Crippen LogP contribution in [0.25, 0.3) is 10.2 Å². The molecule has 8 nitrogen and oxygen atoms in total. The number of rotatable bonds is 5. The Morgan fingerprint density at radius 1 is 1.33 bits per heavy atom. The van der Waals surface area contributed by atoms with E-state index in [1.807, 2.05) is 26.0 Å². The first-order chi connectivity index (χ1) is 14.5. The molecule has 0 saturated carbocycles. The highest BCUT2D eigenvalue weighted by molar-refractivity contribution is 7.20. The number of aromatic nitrogens is 2. The smallest absolute Gasteiger partial charge is 0.266 e. The summed E-state index contributed by atoms with van der Waals surface area (Å²) in [5.74, 6) is -0.335. The van der Waals surface area contributed by atoms with E-state index in [4.69, 9.17) is 9.84 Å². The van der Waals surface area contributed by atoms with Gasteiger partial charge in [0.2, 0.25) is 0 Å². The zero-order valence-electron chi connectivity index (χ0n) is 16.7. The van der Waals surface area contributed by atoms with Crippen LogP contribution in [0.2, 0.25) is 0 Å². The summed E-state index contributed by atoms with van der Waals surface area (Å²) in [6.07, 6.45) is 1.25. The highest BCUT2D eigenvalue weighted by atomic mass is 32.1. The Hall–Kier alpha value is -2.40. The maximum absolute atomic E-state index is 13.1. The summed E-state index contributed by atoms with van der Waals surface area (Å²) < 4.78 is 6.02. The number of pyridine rings is 1. The van der Waals surface area contributed by atoms with Crippen molar-refractivity contribution in [3.05, 3.63) is 44.3 Å². The molecule has 3 aromatic rings. The molecule has 3 aromatic heterocycles. The molecule has 1 fully saturated rings. The van der Waals surface area contributed by atoms with Gasteiger partial charge in [-0.15, -0.1) is 22.7 Å². The topological polar surface area (TPSA) is 105 Å². The molecule has 0 radical (unpaired) electrons. The van der Waals surface area contributed by atoms with Gasteiger partial charge < -0.3 is 20.1 Å². The van der Waals surface area contributed by atoms with Crippen molar-refractivity contribution < 1.29 is 19.4 Å². The number of aliphatic hydroxyl groups is 1. The molecule has 2 N–H and O–H groups in total. The van der Waals surface area contributed by atoms with Gasteiger partial charge in [-0.2, -0.15) is 0 Å². The van der Waals surface area contributed by atoms with Crippen LogP contribution in [0, 0.1) is 13.8 Å². The van der Waals surface area contributed by atoms with Crippen LogP contribution in [0.4, 0.5) is 0 Å². The molecule has 1 atom stereocenters. The molecule has 2 amide bonds. The molecule has 0 bridgehead atoms. The Labute approximate surface area is 181 Å². The minimum absolute atomic E-state index is 0.0599. The van der Waals surface area contributed by atoms with E-state index in [0.717, 1.165) is 26.5 Å². The molecule has 0 spiro atoms. The van der Waals surface area contributed by atoms with Crippen molar-refractivity contribution in [2.75, 3.05) is 32.8 Å². The number of carbonyl (C=O) groups excluding carboxylic acids is 2. The van der Waals surface area contributed by atoms with E-state index in [2.05, 4.69) is 15.3 Å². The second-order valence-corrected chi connectivity index (χ2v) is 9.14. The number of hydrogen-bond donors (Lipinski definition) is 2. The first-order valence-electron chi connectivity index (χ1n) is 9.61. The lowest BCUT2D eigenvalue weighted by molar-refractivity contribution is -0.0221. The number of thiazole rings is 1. The van der Waals surface area contributed by atoms with E-state index in [9.17, 15) is 9.59 Å². The fraction of sp³-hybridized carbons (Fsp3) is 0.400. The van der Waals surface area contributed by atoms with Crippen LogP contribution in [0.3, 0.4) is 0 Å². The average molecular weight is 447 g/mol. The van der Waals surface area contributed by atoms with Crippen LogP contribution in [-0.4, -0.2) is 64.6 Å². The Kier molecular flexibility index (Phi) is 6.09. The number of nitrogens with one attached hydrogen (secondary N) is 1. The number of amides is 2. The molecule has 4 rings (SSSR count). The maximum Gasteiger partial charge on any atom is 0.266 e. The zero-order valence-corrected chi connectivity index (χ0v) is 18.3. The molecule has 0 aromatic carbocycles. The SMILES string of the molecule is Cc1nc(C)c(C(=O)N2CCO[C@@H](c3c(C(=O)NCCO)sc4ncccc34)C2)s1. The van der Waals surface area contributed by atoms with E-state index in [0.29, 0.717) is 29.5 Å². The molecule has 158 valence electrons. The molecule has 1 saturated heterocycles. The Morgan fingerprint density at radius 3 is 2.90 bits per heavy atom. The second kappa shape index (κ2) is 8.76. The third-order valence-electron chi connectivity index (χ3n) is 4.88. The fourth-order valence-electron chi connectivity index (χ4n) is 3.57. The molecule has 1 aliphatic rings. The van der Waals surface area contributed by atoms with Gasteiger partial charge >= 0.3 is 0 Å². The third kappa shape index (κ3) is 3.95. The summed E-state index contributed by atoms with van der Waals surface area (Å²) in [5, 5.41) is 13.5. The summed E-state index contributed by atoms with van der Waals surface area (Å²) >= 11 is 2.69. The van der Waals surface area contributed by atoms with Crippen molar-refractivity contribution in [2.24, 2.45) is 0 Å². The molecular formula is C20H22N4O4S2. The number of hydrogen-bond acceptors (Lipinski definition) is 8. The van der Waals surface area contributed by atoms with Gasteiger partial charge in [-0.1, -0.05) is 6.07 Å². The Bertz CT molecular complexity index is 1090. The van der Waals surface area contributed by atoms with Gasteiger partial charge in [0.1, 0.15) is 20.7 Å². The summed E-state index contributed by atoms with van der Waals surface area (Å²) in [4.78, 5) is 38.2. The summed E-state index contributed by atoms with van der Waals surface area (Å²) in [5.41, 5.74) is 1.48. The van der Waals surface area contributed by atoms with Crippen LogP contribution >= 0.6 is 22.7 Å². The molecule has 1 aliphatic heterocycles. The number of aliphatic hydroxyl groups excluding tert-OH is 1. The van der Waals surface area contributed by atoms with Crippen LogP contribution < -0.4 is 5.32 Å². The number of aryl methyl sites for hydroxylation is 2.